The predicted octanol–water partition coefficient (Wildman–Crippen LogP) is 4.54. The van der Waals surface area contributed by atoms with E-state index in [2.05, 4.69) is 15.5 Å². The number of nitrogen functional groups attached to an aromatic ring is 1. The van der Waals surface area contributed by atoms with Crippen molar-refractivity contribution in [1.82, 2.24) is 4.98 Å². The molecule has 128 valence electrons. The van der Waals surface area contributed by atoms with Gasteiger partial charge in [0.2, 0.25) is 5.13 Å². The topological polar surface area (TPSA) is 72.5 Å². The summed E-state index contributed by atoms with van der Waals surface area (Å²) in [7, 11) is 0. The lowest BCUT2D eigenvalue weighted by Crippen LogP contribution is -1.97. The molecule has 0 radical (unpaired) electrons. The van der Waals surface area contributed by atoms with Crippen molar-refractivity contribution in [2.45, 2.75) is 6.61 Å². The number of nitrogens with two attached hydrogens (primary N) is 1. The van der Waals surface area contributed by atoms with Crippen molar-refractivity contribution >= 4 is 40.1 Å². The molecule has 1 aromatic heterocycles. The number of halogens is 2. The molecule has 0 saturated carbocycles. The average molecular weight is 377 g/mol. The van der Waals surface area contributed by atoms with Gasteiger partial charge in [0.25, 0.3) is 0 Å². The van der Waals surface area contributed by atoms with Gasteiger partial charge in [-0.2, -0.15) is 5.10 Å². The molecule has 3 aromatic rings. The van der Waals surface area contributed by atoms with Gasteiger partial charge in [0.15, 0.2) is 0 Å². The molecular weight excluding hydrogens is 363 g/mol. The Morgan fingerprint density at radius 1 is 1.32 bits per heavy atom. The van der Waals surface area contributed by atoms with Crippen LogP contribution >= 0.6 is 22.9 Å². The Labute approximate surface area is 152 Å². The van der Waals surface area contributed by atoms with Crippen LogP contribution in [0.15, 0.2) is 52.9 Å². The summed E-state index contributed by atoms with van der Waals surface area (Å²) < 4.78 is 18.9. The number of hydrogen-bond acceptors (Lipinski definition) is 6. The fraction of sp³-hybridized carbons (Fsp3) is 0.0588. The van der Waals surface area contributed by atoms with E-state index in [1.54, 1.807) is 23.7 Å². The Balaban J connectivity index is 1.59. The van der Waals surface area contributed by atoms with Crippen LogP contribution in [0.2, 0.25) is 5.02 Å². The van der Waals surface area contributed by atoms with E-state index in [0.717, 1.165) is 11.1 Å². The van der Waals surface area contributed by atoms with Gasteiger partial charge in [-0.3, -0.25) is 5.43 Å². The van der Waals surface area contributed by atoms with Crippen molar-refractivity contribution in [2.75, 3.05) is 11.2 Å². The lowest BCUT2D eigenvalue weighted by Gasteiger charge is -2.07. The summed E-state index contributed by atoms with van der Waals surface area (Å²) in [6.07, 6.45) is 1.65. The molecule has 0 unspecified atom stereocenters. The first-order valence-corrected chi connectivity index (χ1v) is 8.53. The van der Waals surface area contributed by atoms with Crippen molar-refractivity contribution in [3.05, 3.63) is 69.8 Å². The lowest BCUT2D eigenvalue weighted by molar-refractivity contribution is 0.306. The minimum atomic E-state index is -0.446. The second-order valence-electron chi connectivity index (χ2n) is 5.06. The van der Waals surface area contributed by atoms with Crippen LogP contribution in [0, 0.1) is 5.82 Å². The summed E-state index contributed by atoms with van der Waals surface area (Å²) in [5.74, 6) is 0.681. The van der Waals surface area contributed by atoms with E-state index < -0.39 is 5.82 Å². The van der Waals surface area contributed by atoms with Gasteiger partial charge in [0, 0.05) is 5.38 Å². The zero-order valence-corrected chi connectivity index (χ0v) is 14.5. The van der Waals surface area contributed by atoms with Crippen LogP contribution in [0.25, 0.3) is 0 Å². The Morgan fingerprint density at radius 3 is 2.96 bits per heavy atom. The highest BCUT2D eigenvalue weighted by molar-refractivity contribution is 7.14. The molecule has 1 heterocycles. The maximum absolute atomic E-state index is 13.2. The van der Waals surface area contributed by atoms with Gasteiger partial charge in [-0.05, 0) is 35.4 Å². The monoisotopic (exact) mass is 376 g/mol. The molecule has 3 N–H and O–H groups in total. The van der Waals surface area contributed by atoms with Crippen LogP contribution in [-0.2, 0) is 6.61 Å². The smallest absolute Gasteiger partial charge is 0.205 e. The zero-order valence-electron chi connectivity index (χ0n) is 12.9. The number of hydrogen-bond donors (Lipinski definition) is 2. The fourth-order valence-corrected chi connectivity index (χ4v) is 2.73. The summed E-state index contributed by atoms with van der Waals surface area (Å²) >= 11 is 7.14. The number of benzene rings is 2. The molecule has 0 atom stereocenters. The molecule has 0 spiro atoms. The van der Waals surface area contributed by atoms with Crippen LogP contribution in [0.5, 0.6) is 5.75 Å². The standard InChI is InChI=1S/C17H14ClFN4OS/c18-14-7-12(4-5-15(14)19)9-24-13-3-1-2-11(6-13)8-21-23-17-22-16(20)10-25-17/h1-8,10H,9,20H2,(H,22,23). The van der Waals surface area contributed by atoms with E-state index in [-0.39, 0.29) is 11.6 Å². The molecule has 5 nitrogen and oxygen atoms in total. The summed E-state index contributed by atoms with van der Waals surface area (Å²) in [6, 6.07) is 11.9. The summed E-state index contributed by atoms with van der Waals surface area (Å²) in [5, 5.41) is 6.54. The minimum Gasteiger partial charge on any atom is -0.489 e. The Hall–Kier alpha value is -2.64. The summed E-state index contributed by atoms with van der Waals surface area (Å²) in [4.78, 5) is 4.04. The molecule has 0 amide bonds. The van der Waals surface area contributed by atoms with Crippen LogP contribution < -0.4 is 15.9 Å². The number of nitrogens with zero attached hydrogens (tertiary/aromatic N) is 2. The normalized spacial score (nSPS) is 11.0. The molecule has 0 fully saturated rings. The van der Waals surface area contributed by atoms with Gasteiger partial charge in [-0.25, -0.2) is 9.37 Å². The Bertz CT molecular complexity index is 900. The first-order chi connectivity index (χ1) is 12.1. The first kappa shape index (κ1) is 17.2. The Morgan fingerprint density at radius 2 is 2.20 bits per heavy atom. The van der Waals surface area contributed by atoms with Gasteiger partial charge >= 0.3 is 0 Å². The maximum Gasteiger partial charge on any atom is 0.205 e. The highest BCUT2D eigenvalue weighted by Gasteiger charge is 2.02. The largest absolute Gasteiger partial charge is 0.489 e. The van der Waals surface area contributed by atoms with Gasteiger partial charge in [-0.15, -0.1) is 11.3 Å². The second-order valence-corrected chi connectivity index (χ2v) is 6.32. The van der Waals surface area contributed by atoms with Crippen molar-refractivity contribution in [2.24, 2.45) is 5.10 Å². The second kappa shape index (κ2) is 7.96. The fourth-order valence-electron chi connectivity index (χ4n) is 1.98. The minimum absolute atomic E-state index is 0.0795. The molecule has 3 rings (SSSR count). The summed E-state index contributed by atoms with van der Waals surface area (Å²) in [6.45, 7) is 0.289. The van der Waals surface area contributed by atoms with E-state index in [1.165, 1.54) is 17.4 Å². The predicted molar refractivity (Wildman–Crippen MR) is 99.9 cm³/mol. The highest BCUT2D eigenvalue weighted by Crippen LogP contribution is 2.19. The van der Waals surface area contributed by atoms with Gasteiger partial charge < -0.3 is 10.5 Å². The third kappa shape index (κ3) is 4.91. The van der Waals surface area contributed by atoms with Crippen LogP contribution in [0.3, 0.4) is 0 Å². The van der Waals surface area contributed by atoms with E-state index >= 15 is 0 Å². The van der Waals surface area contributed by atoms with Gasteiger partial charge in [0.05, 0.1) is 11.2 Å². The number of rotatable bonds is 6. The van der Waals surface area contributed by atoms with Crippen molar-refractivity contribution < 1.29 is 9.13 Å². The average Bonchev–Trinajstić information content (AvgIpc) is 3.02. The first-order valence-electron chi connectivity index (χ1n) is 7.27. The molecule has 2 aromatic carbocycles. The quantitative estimate of drug-likeness (QED) is 0.489. The third-order valence-corrected chi connectivity index (χ3v) is 4.20. The van der Waals surface area contributed by atoms with Crippen LogP contribution in [-0.4, -0.2) is 11.2 Å². The molecule has 0 aliphatic heterocycles. The van der Waals surface area contributed by atoms with Gasteiger partial charge in [-0.1, -0.05) is 29.8 Å². The number of aromatic nitrogens is 1. The number of thiazole rings is 1. The van der Waals surface area contributed by atoms with Crippen molar-refractivity contribution in [3.63, 3.8) is 0 Å². The molecule has 0 aliphatic carbocycles. The third-order valence-electron chi connectivity index (χ3n) is 3.14. The molecule has 0 bridgehead atoms. The van der Waals surface area contributed by atoms with Crippen molar-refractivity contribution in [3.8, 4) is 5.75 Å². The summed E-state index contributed by atoms with van der Waals surface area (Å²) in [5.41, 5.74) is 9.99. The molecule has 25 heavy (non-hydrogen) atoms. The van der Waals surface area contributed by atoms with Crippen molar-refractivity contribution in [1.29, 1.82) is 0 Å². The highest BCUT2D eigenvalue weighted by atomic mass is 35.5. The maximum atomic E-state index is 13.2. The van der Waals surface area contributed by atoms with Crippen LogP contribution in [0.1, 0.15) is 11.1 Å². The molecule has 0 saturated heterocycles. The number of ether oxygens (including phenoxy) is 1. The SMILES string of the molecule is Nc1csc(NN=Cc2cccc(OCc3ccc(F)c(Cl)c3)c2)n1. The van der Waals surface area contributed by atoms with E-state index in [4.69, 9.17) is 22.1 Å². The number of hydrazone groups is 1. The van der Waals surface area contributed by atoms with Gasteiger partial charge in [0.1, 0.15) is 24.0 Å². The van der Waals surface area contributed by atoms with E-state index in [1.807, 2.05) is 24.3 Å². The number of nitrogens with one attached hydrogen (secondary N) is 1. The molecule has 0 aliphatic rings. The van der Waals surface area contributed by atoms with Crippen LogP contribution in [0.4, 0.5) is 15.3 Å². The Kier molecular flexibility index (Phi) is 5.47. The molecule has 8 heteroatoms. The zero-order chi connectivity index (χ0) is 17.6. The molecular formula is C17H14ClFN4OS. The lowest BCUT2D eigenvalue weighted by atomic mass is 10.2. The van der Waals surface area contributed by atoms with E-state index in [9.17, 15) is 4.39 Å². The number of anilines is 2. The van der Waals surface area contributed by atoms with E-state index in [0.29, 0.717) is 16.7 Å².